The van der Waals surface area contributed by atoms with Gasteiger partial charge in [-0.05, 0) is 78.8 Å². The van der Waals surface area contributed by atoms with E-state index < -0.39 is 22.6 Å². The van der Waals surface area contributed by atoms with Crippen molar-refractivity contribution in [2.24, 2.45) is 12.8 Å². The van der Waals surface area contributed by atoms with Crippen LogP contribution >= 0.6 is 34.4 Å². The molecule has 0 amide bonds. The number of nitrogens with zero attached hydrogens (tertiary/aromatic N) is 2. The van der Waals surface area contributed by atoms with E-state index in [4.69, 9.17) is 5.73 Å². The minimum absolute atomic E-state index is 0.0111. The fourth-order valence-electron chi connectivity index (χ4n) is 4.27. The maximum Gasteiger partial charge on any atom is 0.333 e. The van der Waals surface area contributed by atoms with Gasteiger partial charge in [0.1, 0.15) is 17.0 Å². The summed E-state index contributed by atoms with van der Waals surface area (Å²) in [5.74, 6) is -0.451. The molecule has 0 bridgehead atoms. The van der Waals surface area contributed by atoms with Gasteiger partial charge in [-0.3, -0.25) is 23.7 Å². The Hall–Kier alpha value is -2.90. The van der Waals surface area contributed by atoms with Crippen LogP contribution in [0.4, 0.5) is 15.9 Å². The number of aryl methyl sites for hydroxylation is 1. The van der Waals surface area contributed by atoms with Crippen LogP contribution in [0, 0.1) is 16.3 Å². The summed E-state index contributed by atoms with van der Waals surface area (Å²) in [6.45, 7) is 2.13. The third kappa shape index (κ3) is 4.28. The number of hydrogen-bond donors (Lipinski definition) is 3. The van der Waals surface area contributed by atoms with Crippen LogP contribution in [0.15, 0.2) is 61.7 Å². The number of fused-ring (bicyclic) bond motifs is 1. The zero-order chi connectivity index (χ0) is 25.8. The van der Waals surface area contributed by atoms with Crippen molar-refractivity contribution in [3.05, 3.63) is 88.6 Å². The molecule has 1 aliphatic rings. The maximum atomic E-state index is 14.7. The Morgan fingerprint density at radius 2 is 1.94 bits per heavy atom. The molecule has 8 nitrogen and oxygen atoms in total. The first-order chi connectivity index (χ1) is 17.1. The lowest BCUT2D eigenvalue weighted by Gasteiger charge is -2.19. The summed E-state index contributed by atoms with van der Waals surface area (Å²) in [6, 6.07) is 11.9. The number of halogens is 2. The molecule has 0 saturated heterocycles. The standard InChI is InChI=1S/C25H23FIN5O3S/c1-13-20-19(21(31(2)23(13)34)29-18-7-6-14(27)10-17(18)26)22(33)30-24(35)32(20)15-4-3-5-16(11-15)36-25(12-28)8-9-25/h3-7,10-11,29H,8-9,12,28H2,1-2H3,(H,30,33,35). The number of nitrogens with one attached hydrogen (secondary N) is 2. The number of pyridine rings is 1. The van der Waals surface area contributed by atoms with Gasteiger partial charge >= 0.3 is 5.69 Å². The number of aromatic nitrogens is 3. The number of thioether (sulfide) groups is 1. The highest BCUT2D eigenvalue weighted by molar-refractivity contribution is 14.1. The molecule has 1 aliphatic carbocycles. The molecule has 1 fully saturated rings. The van der Waals surface area contributed by atoms with E-state index in [0.717, 1.165) is 17.7 Å². The van der Waals surface area contributed by atoms with Crippen LogP contribution in [0.2, 0.25) is 0 Å². The van der Waals surface area contributed by atoms with Gasteiger partial charge in [-0.2, -0.15) is 0 Å². The second-order valence-corrected chi connectivity index (χ2v) is 11.7. The molecule has 0 aliphatic heterocycles. The molecule has 1 saturated carbocycles. The largest absolute Gasteiger partial charge is 0.338 e. The van der Waals surface area contributed by atoms with Crippen LogP contribution in [0.25, 0.3) is 16.6 Å². The monoisotopic (exact) mass is 619 g/mol. The second-order valence-electron chi connectivity index (χ2n) is 8.89. The second kappa shape index (κ2) is 9.20. The summed E-state index contributed by atoms with van der Waals surface area (Å²) >= 11 is 3.66. The third-order valence-electron chi connectivity index (χ3n) is 6.44. The number of benzene rings is 2. The van der Waals surface area contributed by atoms with Gasteiger partial charge in [0.15, 0.2) is 0 Å². The highest BCUT2D eigenvalue weighted by Gasteiger charge is 2.42. The first-order valence-corrected chi connectivity index (χ1v) is 13.1. The number of anilines is 2. The molecular formula is C25H23FIN5O3S. The molecule has 11 heteroatoms. The quantitative estimate of drug-likeness (QED) is 0.284. The number of aromatic amines is 1. The van der Waals surface area contributed by atoms with Crippen molar-refractivity contribution < 1.29 is 4.39 Å². The van der Waals surface area contributed by atoms with Gasteiger partial charge in [0.2, 0.25) is 0 Å². The van der Waals surface area contributed by atoms with Crippen molar-refractivity contribution in [1.82, 2.24) is 14.1 Å². The summed E-state index contributed by atoms with van der Waals surface area (Å²) in [4.78, 5) is 42.8. The normalized spacial score (nSPS) is 14.2. The first-order valence-electron chi connectivity index (χ1n) is 11.2. The predicted molar refractivity (Wildman–Crippen MR) is 149 cm³/mol. The molecule has 5 rings (SSSR count). The highest BCUT2D eigenvalue weighted by atomic mass is 127. The van der Waals surface area contributed by atoms with Gasteiger partial charge in [-0.1, -0.05) is 6.07 Å². The van der Waals surface area contributed by atoms with E-state index in [9.17, 15) is 18.8 Å². The Morgan fingerprint density at radius 1 is 1.19 bits per heavy atom. The number of rotatable bonds is 6. The number of nitrogens with two attached hydrogens (primary N) is 1. The van der Waals surface area contributed by atoms with Crippen molar-refractivity contribution in [2.45, 2.75) is 29.4 Å². The lowest BCUT2D eigenvalue weighted by Crippen LogP contribution is -2.34. The summed E-state index contributed by atoms with van der Waals surface area (Å²) in [5, 5.41) is 2.98. The van der Waals surface area contributed by atoms with Crippen molar-refractivity contribution in [2.75, 3.05) is 11.9 Å². The van der Waals surface area contributed by atoms with E-state index in [-0.39, 0.29) is 32.7 Å². The summed E-state index contributed by atoms with van der Waals surface area (Å²) < 4.78 is 18.0. The van der Waals surface area contributed by atoms with Crippen LogP contribution in [-0.4, -0.2) is 25.4 Å². The van der Waals surface area contributed by atoms with E-state index in [1.165, 1.54) is 28.3 Å². The van der Waals surface area contributed by atoms with Crippen LogP contribution in [-0.2, 0) is 7.05 Å². The molecule has 2 aromatic carbocycles. The number of hydrogen-bond acceptors (Lipinski definition) is 6. The molecule has 0 atom stereocenters. The van der Waals surface area contributed by atoms with E-state index >= 15 is 0 Å². The minimum atomic E-state index is -0.677. The smallest absolute Gasteiger partial charge is 0.333 e. The molecule has 4 aromatic rings. The molecule has 0 spiro atoms. The summed E-state index contributed by atoms with van der Waals surface area (Å²) in [6.07, 6.45) is 2.05. The Bertz CT molecular complexity index is 1710. The van der Waals surface area contributed by atoms with Crippen molar-refractivity contribution in [3.8, 4) is 5.69 Å². The van der Waals surface area contributed by atoms with Crippen molar-refractivity contribution in [3.63, 3.8) is 0 Å². The SMILES string of the molecule is Cc1c(=O)n(C)c(Nc2ccc(I)cc2F)c2c(=O)[nH]c(=O)n(-c3cccc(SC4(CN)CC4)c3)c12. The highest BCUT2D eigenvalue weighted by Crippen LogP contribution is 2.51. The molecule has 2 heterocycles. The molecule has 2 aromatic heterocycles. The van der Waals surface area contributed by atoms with Crippen molar-refractivity contribution in [1.29, 1.82) is 0 Å². The first kappa shape index (κ1) is 24.8. The average molecular weight is 619 g/mol. The van der Waals surface area contributed by atoms with E-state index in [1.807, 2.05) is 40.8 Å². The predicted octanol–water partition coefficient (Wildman–Crippen LogP) is 3.76. The van der Waals surface area contributed by atoms with E-state index in [0.29, 0.717) is 15.8 Å². The van der Waals surface area contributed by atoms with Crippen LogP contribution in [0.3, 0.4) is 0 Å². The maximum absolute atomic E-state index is 14.7. The summed E-state index contributed by atoms with van der Waals surface area (Å²) in [5.41, 5.74) is 5.18. The molecule has 0 radical (unpaired) electrons. The molecule has 4 N–H and O–H groups in total. The fraction of sp³-hybridized carbons (Fsp3) is 0.240. The average Bonchev–Trinajstić information content (AvgIpc) is 3.61. The Morgan fingerprint density at radius 3 is 2.61 bits per heavy atom. The summed E-state index contributed by atoms with van der Waals surface area (Å²) in [7, 11) is 1.50. The third-order valence-corrected chi connectivity index (χ3v) is 8.61. The Labute approximate surface area is 222 Å². The van der Waals surface area contributed by atoms with E-state index in [2.05, 4.69) is 10.3 Å². The lowest BCUT2D eigenvalue weighted by atomic mass is 10.1. The van der Waals surface area contributed by atoms with Gasteiger partial charge < -0.3 is 11.1 Å². The zero-order valence-corrected chi connectivity index (χ0v) is 22.5. The lowest BCUT2D eigenvalue weighted by molar-refractivity contribution is 0.630. The van der Waals surface area contributed by atoms with Crippen LogP contribution in [0.5, 0.6) is 0 Å². The van der Waals surface area contributed by atoms with Gasteiger partial charge in [-0.15, -0.1) is 11.8 Å². The molecule has 0 unspecified atom stereocenters. The topological polar surface area (TPSA) is 115 Å². The van der Waals surface area contributed by atoms with Crippen molar-refractivity contribution >= 4 is 56.8 Å². The Kier molecular flexibility index (Phi) is 6.33. The fourth-order valence-corrected chi connectivity index (χ4v) is 5.94. The van der Waals surface area contributed by atoms with Gasteiger partial charge in [-0.25, -0.2) is 9.18 Å². The van der Waals surface area contributed by atoms with E-state index in [1.54, 1.807) is 30.8 Å². The Balaban J connectivity index is 1.76. The number of H-pyrrole nitrogens is 1. The molecule has 36 heavy (non-hydrogen) atoms. The minimum Gasteiger partial charge on any atom is -0.338 e. The van der Waals surface area contributed by atoms with Gasteiger partial charge in [0, 0.05) is 32.4 Å². The van der Waals surface area contributed by atoms with Gasteiger partial charge in [0.05, 0.1) is 16.9 Å². The van der Waals surface area contributed by atoms with Crippen LogP contribution < -0.4 is 27.9 Å². The van der Waals surface area contributed by atoms with Gasteiger partial charge in [0.25, 0.3) is 11.1 Å². The zero-order valence-electron chi connectivity index (χ0n) is 19.5. The van der Waals surface area contributed by atoms with Crippen LogP contribution in [0.1, 0.15) is 18.4 Å². The molecule has 186 valence electrons. The molecular weight excluding hydrogens is 596 g/mol.